The minimum atomic E-state index is -0.770. The molecule has 1 saturated heterocycles. The van der Waals surface area contributed by atoms with Crippen LogP contribution in [0.1, 0.15) is 0 Å². The molecule has 0 spiro atoms. The SMILES string of the molecule is CN1CCOP(C)OCCN(C)CCOP(C)OCC1. The third kappa shape index (κ3) is 9.54. The van der Waals surface area contributed by atoms with Gasteiger partial charge in [0.15, 0.2) is 16.8 Å². The Morgan fingerprint density at radius 3 is 1.10 bits per heavy atom. The van der Waals surface area contributed by atoms with Crippen molar-refractivity contribution in [3.05, 3.63) is 0 Å². The summed E-state index contributed by atoms with van der Waals surface area (Å²) in [4.78, 5) is 4.40. The second-order valence-electron chi connectivity index (χ2n) is 4.82. The molecular formula is C12H28N2O4P2. The summed E-state index contributed by atoms with van der Waals surface area (Å²) in [5, 5.41) is 0. The normalized spacial score (nSPS) is 31.2. The summed E-state index contributed by atoms with van der Waals surface area (Å²) in [6.45, 7) is 10.4. The predicted octanol–water partition coefficient (Wildman–Crippen LogP) is 1.81. The quantitative estimate of drug-likeness (QED) is 0.633. The van der Waals surface area contributed by atoms with Crippen LogP contribution < -0.4 is 0 Å². The topological polar surface area (TPSA) is 43.4 Å². The maximum atomic E-state index is 5.69. The van der Waals surface area contributed by atoms with E-state index in [0.29, 0.717) is 26.4 Å². The molecule has 20 heavy (non-hydrogen) atoms. The first-order valence-electron chi connectivity index (χ1n) is 6.94. The molecule has 8 heteroatoms. The number of hydrogen-bond acceptors (Lipinski definition) is 6. The van der Waals surface area contributed by atoms with Crippen LogP contribution >= 0.6 is 16.8 Å². The van der Waals surface area contributed by atoms with Gasteiger partial charge in [-0.25, -0.2) is 0 Å². The van der Waals surface area contributed by atoms with E-state index < -0.39 is 16.8 Å². The summed E-state index contributed by atoms with van der Waals surface area (Å²) in [6, 6.07) is 0. The molecule has 0 aliphatic carbocycles. The summed E-state index contributed by atoms with van der Waals surface area (Å²) in [7, 11) is 2.60. The monoisotopic (exact) mass is 326 g/mol. The van der Waals surface area contributed by atoms with Gasteiger partial charge >= 0.3 is 0 Å². The van der Waals surface area contributed by atoms with Gasteiger partial charge in [0, 0.05) is 39.5 Å². The first kappa shape index (κ1) is 18.7. The highest BCUT2D eigenvalue weighted by Crippen LogP contribution is 2.34. The zero-order valence-electron chi connectivity index (χ0n) is 13.1. The highest BCUT2D eigenvalue weighted by molar-refractivity contribution is 7.46. The van der Waals surface area contributed by atoms with E-state index >= 15 is 0 Å². The molecule has 1 fully saturated rings. The van der Waals surface area contributed by atoms with E-state index in [2.05, 4.69) is 23.9 Å². The van der Waals surface area contributed by atoms with Crippen molar-refractivity contribution in [3.8, 4) is 0 Å². The highest BCUT2D eigenvalue weighted by Gasteiger charge is 2.09. The molecule has 1 aliphatic heterocycles. The summed E-state index contributed by atoms with van der Waals surface area (Å²) in [6.07, 6.45) is 0. The van der Waals surface area contributed by atoms with Crippen LogP contribution in [0.4, 0.5) is 0 Å². The Hall–Kier alpha value is 0.620. The Morgan fingerprint density at radius 1 is 0.600 bits per heavy atom. The molecule has 0 N–H and O–H groups in total. The molecule has 0 unspecified atom stereocenters. The van der Waals surface area contributed by atoms with Crippen molar-refractivity contribution in [2.24, 2.45) is 0 Å². The molecule has 0 aromatic rings. The minimum absolute atomic E-state index is 0.700. The number of rotatable bonds is 0. The maximum absolute atomic E-state index is 5.69. The Balaban J connectivity index is 2.34. The average Bonchev–Trinajstić information content (AvgIpc) is 2.37. The highest BCUT2D eigenvalue weighted by atomic mass is 31.2. The molecule has 0 amide bonds. The smallest absolute Gasteiger partial charge is 0.167 e. The number of likely N-dealkylation sites (N-methyl/N-ethyl adjacent to an activating group) is 2. The van der Waals surface area contributed by atoms with Crippen LogP contribution in [-0.4, -0.2) is 89.8 Å². The Kier molecular flexibility index (Phi) is 10.5. The fraction of sp³-hybridized carbons (Fsp3) is 1.00. The van der Waals surface area contributed by atoms with Crippen molar-refractivity contribution in [1.29, 1.82) is 0 Å². The van der Waals surface area contributed by atoms with Crippen molar-refractivity contribution in [3.63, 3.8) is 0 Å². The molecule has 120 valence electrons. The van der Waals surface area contributed by atoms with E-state index in [0.717, 1.165) is 26.2 Å². The molecule has 1 heterocycles. The Labute approximate surface area is 125 Å². The van der Waals surface area contributed by atoms with Crippen LogP contribution in [0.5, 0.6) is 0 Å². The van der Waals surface area contributed by atoms with Gasteiger partial charge in [-0.3, -0.25) is 0 Å². The van der Waals surface area contributed by atoms with Gasteiger partial charge in [-0.05, 0) is 14.1 Å². The van der Waals surface area contributed by atoms with Gasteiger partial charge in [-0.1, -0.05) is 0 Å². The number of nitrogens with zero attached hydrogens (tertiary/aromatic N) is 2. The van der Waals surface area contributed by atoms with Gasteiger partial charge in [0.05, 0.1) is 26.4 Å². The van der Waals surface area contributed by atoms with Crippen molar-refractivity contribution in [2.45, 2.75) is 0 Å². The fourth-order valence-corrected chi connectivity index (χ4v) is 3.10. The van der Waals surface area contributed by atoms with Crippen LogP contribution in [-0.2, 0) is 18.1 Å². The Morgan fingerprint density at radius 2 is 0.850 bits per heavy atom. The molecule has 0 aromatic carbocycles. The van der Waals surface area contributed by atoms with Crippen molar-refractivity contribution < 1.29 is 18.1 Å². The second-order valence-corrected chi connectivity index (χ2v) is 7.61. The van der Waals surface area contributed by atoms with E-state index in [1.54, 1.807) is 0 Å². The van der Waals surface area contributed by atoms with Crippen molar-refractivity contribution >= 4 is 16.8 Å². The van der Waals surface area contributed by atoms with E-state index in [1.807, 2.05) is 13.3 Å². The molecule has 1 aliphatic rings. The molecule has 0 radical (unpaired) electrons. The molecular weight excluding hydrogens is 298 g/mol. The number of hydrogen-bond donors (Lipinski definition) is 0. The molecule has 0 saturated carbocycles. The van der Waals surface area contributed by atoms with Crippen molar-refractivity contribution in [2.75, 3.05) is 80.0 Å². The third-order valence-corrected chi connectivity index (χ3v) is 5.17. The van der Waals surface area contributed by atoms with E-state index in [1.165, 1.54) is 0 Å². The van der Waals surface area contributed by atoms with Gasteiger partial charge in [-0.15, -0.1) is 0 Å². The summed E-state index contributed by atoms with van der Waals surface area (Å²) in [5.74, 6) is 0. The lowest BCUT2D eigenvalue weighted by Gasteiger charge is -2.22. The average molecular weight is 326 g/mol. The third-order valence-electron chi connectivity index (χ3n) is 2.98. The van der Waals surface area contributed by atoms with Gasteiger partial charge in [0.25, 0.3) is 0 Å². The fourth-order valence-electron chi connectivity index (χ4n) is 1.60. The van der Waals surface area contributed by atoms with E-state index in [4.69, 9.17) is 18.1 Å². The molecule has 6 nitrogen and oxygen atoms in total. The second kappa shape index (κ2) is 11.2. The lowest BCUT2D eigenvalue weighted by atomic mass is 10.5. The lowest BCUT2D eigenvalue weighted by molar-refractivity contribution is 0.162. The Bertz CT molecular complexity index is 187. The van der Waals surface area contributed by atoms with Gasteiger partial charge in [0.2, 0.25) is 0 Å². The van der Waals surface area contributed by atoms with Gasteiger partial charge in [-0.2, -0.15) is 0 Å². The molecule has 0 atom stereocenters. The minimum Gasteiger partial charge on any atom is -0.333 e. The summed E-state index contributed by atoms with van der Waals surface area (Å²) in [5.41, 5.74) is 0. The first-order chi connectivity index (χ1) is 9.58. The van der Waals surface area contributed by atoms with Crippen LogP contribution in [0.2, 0.25) is 0 Å². The van der Waals surface area contributed by atoms with Crippen LogP contribution in [0.25, 0.3) is 0 Å². The van der Waals surface area contributed by atoms with Crippen LogP contribution in [0.15, 0.2) is 0 Å². The lowest BCUT2D eigenvalue weighted by Crippen LogP contribution is -2.28. The molecule has 0 bridgehead atoms. The standard InChI is InChI=1S/C12H28N2O4P2/c1-13-5-9-15-19(3)17-11-7-14(2)8-12-18-20(4)16-10-6-13/h5-12H2,1-4H3. The maximum Gasteiger partial charge on any atom is 0.167 e. The molecule has 0 aromatic heterocycles. The first-order valence-corrected chi connectivity index (χ1v) is 10.2. The zero-order valence-corrected chi connectivity index (χ0v) is 14.9. The van der Waals surface area contributed by atoms with Crippen LogP contribution in [0.3, 0.4) is 0 Å². The largest absolute Gasteiger partial charge is 0.333 e. The molecule has 1 rings (SSSR count). The summed E-state index contributed by atoms with van der Waals surface area (Å²) < 4.78 is 22.8. The van der Waals surface area contributed by atoms with Gasteiger partial charge in [0.1, 0.15) is 0 Å². The van der Waals surface area contributed by atoms with E-state index in [-0.39, 0.29) is 0 Å². The van der Waals surface area contributed by atoms with Crippen molar-refractivity contribution in [1.82, 2.24) is 9.80 Å². The zero-order chi connectivity index (χ0) is 14.8. The predicted molar refractivity (Wildman–Crippen MR) is 84.5 cm³/mol. The van der Waals surface area contributed by atoms with E-state index in [9.17, 15) is 0 Å². The van der Waals surface area contributed by atoms with Gasteiger partial charge < -0.3 is 27.9 Å². The van der Waals surface area contributed by atoms with Crippen LogP contribution in [0, 0.1) is 0 Å². The summed E-state index contributed by atoms with van der Waals surface area (Å²) >= 11 is 0.